The van der Waals surface area contributed by atoms with E-state index in [4.69, 9.17) is 4.98 Å². The number of benzene rings is 2. The van der Waals surface area contributed by atoms with Crippen LogP contribution in [0.4, 0.5) is 0 Å². The van der Waals surface area contributed by atoms with Gasteiger partial charge in [-0.2, -0.15) is 0 Å². The van der Waals surface area contributed by atoms with Crippen LogP contribution in [0.25, 0.3) is 42.9 Å². The summed E-state index contributed by atoms with van der Waals surface area (Å²) >= 11 is 1.75. The molecule has 4 heterocycles. The monoisotopic (exact) mass is 439 g/mol. The number of H-pyrrole nitrogens is 1. The van der Waals surface area contributed by atoms with E-state index in [2.05, 4.69) is 81.4 Å². The van der Waals surface area contributed by atoms with Gasteiger partial charge in [-0.3, -0.25) is 4.90 Å². The van der Waals surface area contributed by atoms with Crippen LogP contribution in [0.1, 0.15) is 5.56 Å². The lowest BCUT2D eigenvalue weighted by Gasteiger charge is -2.32. The van der Waals surface area contributed by atoms with Gasteiger partial charge in [0.2, 0.25) is 0 Å². The quantitative estimate of drug-likeness (QED) is 0.415. The molecule has 1 fully saturated rings. The number of nitrogens with zero attached hydrogens (tertiary/aromatic N) is 4. The lowest BCUT2D eigenvalue weighted by molar-refractivity contribution is 0.148. The maximum absolute atomic E-state index is 4.86. The predicted octanol–water partition coefficient (Wildman–Crippen LogP) is 5.25. The summed E-state index contributed by atoms with van der Waals surface area (Å²) in [4.78, 5) is 18.9. The molecule has 32 heavy (non-hydrogen) atoms. The van der Waals surface area contributed by atoms with Gasteiger partial charge in [-0.1, -0.05) is 24.3 Å². The van der Waals surface area contributed by atoms with Crippen molar-refractivity contribution in [3.63, 3.8) is 0 Å². The molecule has 0 amide bonds. The molecule has 0 spiro atoms. The van der Waals surface area contributed by atoms with Crippen LogP contribution in [0, 0.1) is 0 Å². The van der Waals surface area contributed by atoms with Crippen molar-refractivity contribution in [2.75, 3.05) is 33.2 Å². The Hall–Kier alpha value is -3.06. The highest BCUT2D eigenvalue weighted by molar-refractivity contribution is 7.22. The zero-order valence-electron chi connectivity index (χ0n) is 18.1. The Bertz CT molecular complexity index is 1380. The highest BCUT2D eigenvalue weighted by Crippen LogP contribution is 2.33. The maximum Gasteiger partial charge on any atom is 0.159 e. The fourth-order valence-corrected chi connectivity index (χ4v) is 5.33. The highest BCUT2D eigenvalue weighted by atomic mass is 32.1. The fraction of sp³-hybridized carbons (Fsp3) is 0.231. The third kappa shape index (κ3) is 3.81. The molecule has 0 unspecified atom stereocenters. The molecule has 3 aromatic heterocycles. The van der Waals surface area contributed by atoms with E-state index in [0.29, 0.717) is 0 Å². The maximum atomic E-state index is 4.86. The van der Waals surface area contributed by atoms with E-state index in [0.717, 1.165) is 59.8 Å². The Balaban J connectivity index is 1.23. The van der Waals surface area contributed by atoms with E-state index in [-0.39, 0.29) is 0 Å². The number of hydrogen-bond acceptors (Lipinski definition) is 5. The summed E-state index contributed by atoms with van der Waals surface area (Å²) < 4.78 is 1.12. The first kappa shape index (κ1) is 19.6. The van der Waals surface area contributed by atoms with Gasteiger partial charge in [0.25, 0.3) is 0 Å². The van der Waals surface area contributed by atoms with Crippen LogP contribution in [0.5, 0.6) is 0 Å². The van der Waals surface area contributed by atoms with Crippen LogP contribution < -0.4 is 0 Å². The Morgan fingerprint density at radius 3 is 2.59 bits per heavy atom. The number of nitrogens with one attached hydrogen (secondary N) is 1. The van der Waals surface area contributed by atoms with Gasteiger partial charge in [-0.25, -0.2) is 9.97 Å². The van der Waals surface area contributed by atoms with Crippen molar-refractivity contribution in [2.24, 2.45) is 0 Å². The van der Waals surface area contributed by atoms with Gasteiger partial charge in [0.15, 0.2) is 5.82 Å². The molecule has 0 radical (unpaired) electrons. The van der Waals surface area contributed by atoms with Crippen molar-refractivity contribution < 1.29 is 0 Å². The molecule has 5 aromatic rings. The number of piperazine rings is 1. The van der Waals surface area contributed by atoms with Crippen LogP contribution in [0.15, 0.2) is 67.0 Å². The van der Waals surface area contributed by atoms with Gasteiger partial charge < -0.3 is 9.88 Å². The molecule has 0 aliphatic carbocycles. The van der Waals surface area contributed by atoms with Crippen LogP contribution in [0.2, 0.25) is 0 Å². The van der Waals surface area contributed by atoms with E-state index in [9.17, 15) is 0 Å². The molecule has 1 aliphatic heterocycles. The zero-order chi connectivity index (χ0) is 21.5. The molecular formula is C26H25N5S. The first-order chi connectivity index (χ1) is 15.7. The molecule has 1 aliphatic rings. The summed E-state index contributed by atoms with van der Waals surface area (Å²) in [6.45, 7) is 5.63. The van der Waals surface area contributed by atoms with Gasteiger partial charge in [0.1, 0.15) is 0 Å². The number of aromatic nitrogens is 3. The number of thiophene rings is 1. The normalized spacial score (nSPS) is 15.7. The Labute approximate surface area is 191 Å². The summed E-state index contributed by atoms with van der Waals surface area (Å²) in [5.74, 6) is 0.771. The predicted molar refractivity (Wildman–Crippen MR) is 133 cm³/mol. The number of hydrogen-bond donors (Lipinski definition) is 1. The summed E-state index contributed by atoms with van der Waals surface area (Å²) in [5, 5.41) is 1.17. The Morgan fingerprint density at radius 2 is 1.75 bits per heavy atom. The van der Waals surface area contributed by atoms with Gasteiger partial charge in [-0.05, 0) is 48.5 Å². The summed E-state index contributed by atoms with van der Waals surface area (Å²) in [5.41, 5.74) is 5.79. The van der Waals surface area contributed by atoms with Gasteiger partial charge in [0, 0.05) is 66.5 Å². The van der Waals surface area contributed by atoms with Gasteiger partial charge in [0.05, 0.1) is 10.2 Å². The second-order valence-corrected chi connectivity index (χ2v) is 9.69. The first-order valence-electron chi connectivity index (χ1n) is 11.1. The second-order valence-electron chi connectivity index (χ2n) is 8.61. The summed E-state index contributed by atoms with van der Waals surface area (Å²) in [6, 6.07) is 19.6. The van der Waals surface area contributed by atoms with Gasteiger partial charge >= 0.3 is 0 Å². The summed E-state index contributed by atoms with van der Waals surface area (Å²) in [7, 11) is 2.20. The minimum absolute atomic E-state index is 0.771. The minimum atomic E-state index is 0.771. The highest BCUT2D eigenvalue weighted by Gasteiger charge is 2.14. The van der Waals surface area contributed by atoms with Crippen LogP contribution >= 0.6 is 11.3 Å². The average Bonchev–Trinajstić information content (AvgIpc) is 3.47. The van der Waals surface area contributed by atoms with Crippen molar-refractivity contribution in [1.29, 1.82) is 0 Å². The number of aromatic amines is 1. The van der Waals surface area contributed by atoms with Crippen LogP contribution in [-0.4, -0.2) is 58.0 Å². The Morgan fingerprint density at radius 1 is 0.938 bits per heavy atom. The molecule has 6 rings (SSSR count). The van der Waals surface area contributed by atoms with Crippen molar-refractivity contribution in [3.05, 3.63) is 72.6 Å². The third-order valence-electron chi connectivity index (χ3n) is 6.32. The third-order valence-corrected chi connectivity index (χ3v) is 7.43. The fourth-order valence-electron chi connectivity index (χ4n) is 4.35. The van der Waals surface area contributed by atoms with E-state index in [1.165, 1.54) is 21.4 Å². The SMILES string of the molecule is CN1CCN(Cc2ccc(-c3cc4nc(-c5ccc6[nH]ccc6c5)ncc4s3)cc2)CC1. The lowest BCUT2D eigenvalue weighted by Crippen LogP contribution is -2.43. The number of likely N-dealkylation sites (N-methyl/N-ethyl adjacent to an activating group) is 1. The topological polar surface area (TPSA) is 48.0 Å². The average molecular weight is 440 g/mol. The second kappa shape index (κ2) is 8.13. The molecule has 160 valence electrons. The van der Waals surface area contributed by atoms with E-state index in [1.807, 2.05) is 12.4 Å². The summed E-state index contributed by atoms with van der Waals surface area (Å²) in [6.07, 6.45) is 3.91. The van der Waals surface area contributed by atoms with Crippen molar-refractivity contribution in [3.8, 4) is 21.8 Å². The minimum Gasteiger partial charge on any atom is -0.361 e. The van der Waals surface area contributed by atoms with Crippen molar-refractivity contribution >= 4 is 32.5 Å². The largest absolute Gasteiger partial charge is 0.361 e. The van der Waals surface area contributed by atoms with Crippen LogP contribution in [-0.2, 0) is 6.54 Å². The molecule has 2 aromatic carbocycles. The zero-order valence-corrected chi connectivity index (χ0v) is 18.9. The molecule has 6 heteroatoms. The first-order valence-corrected chi connectivity index (χ1v) is 11.9. The molecule has 0 saturated carbocycles. The van der Waals surface area contributed by atoms with Crippen molar-refractivity contribution in [1.82, 2.24) is 24.8 Å². The molecular weight excluding hydrogens is 414 g/mol. The molecule has 0 atom stereocenters. The molecule has 0 bridgehead atoms. The smallest absolute Gasteiger partial charge is 0.159 e. The van der Waals surface area contributed by atoms with Crippen molar-refractivity contribution in [2.45, 2.75) is 6.54 Å². The number of rotatable bonds is 4. The number of fused-ring (bicyclic) bond motifs is 2. The van der Waals surface area contributed by atoms with Gasteiger partial charge in [-0.15, -0.1) is 11.3 Å². The van der Waals surface area contributed by atoms with E-state index >= 15 is 0 Å². The van der Waals surface area contributed by atoms with E-state index in [1.54, 1.807) is 11.3 Å². The Kier molecular flexibility index (Phi) is 4.98. The molecule has 1 N–H and O–H groups in total. The lowest BCUT2D eigenvalue weighted by atomic mass is 10.1. The standard InChI is InChI=1S/C26H25N5S/c1-30-10-12-31(13-11-30)17-18-2-4-19(5-3-18)24-15-23-25(32-24)16-28-26(29-23)21-6-7-22-20(14-21)8-9-27-22/h2-9,14-16,27H,10-13,17H2,1H3. The molecule has 5 nitrogen and oxygen atoms in total. The van der Waals surface area contributed by atoms with E-state index < -0.39 is 0 Å². The molecule has 1 saturated heterocycles. The van der Waals surface area contributed by atoms with Crippen LogP contribution in [0.3, 0.4) is 0 Å².